The monoisotopic (exact) mass is 399 g/mol. The van der Waals surface area contributed by atoms with Gasteiger partial charge in [0.15, 0.2) is 0 Å². The number of rotatable bonds is 6. The molecule has 2 aromatic carbocycles. The number of hydrogen-bond donors (Lipinski definition) is 2. The van der Waals surface area contributed by atoms with E-state index < -0.39 is 0 Å². The molecule has 1 aliphatic heterocycles. The van der Waals surface area contributed by atoms with Gasteiger partial charge < -0.3 is 15.5 Å². The maximum absolute atomic E-state index is 12.7. The van der Waals surface area contributed by atoms with Crippen molar-refractivity contribution in [2.24, 2.45) is 0 Å². The Balaban J connectivity index is 1.52. The van der Waals surface area contributed by atoms with E-state index in [0.717, 1.165) is 31.5 Å². The molecule has 6 heteroatoms. The first kappa shape index (κ1) is 20.4. The quantitative estimate of drug-likeness (QED) is 0.769. The number of nitrogens with one attached hydrogen (secondary N) is 2. The van der Waals surface area contributed by atoms with Gasteiger partial charge in [-0.2, -0.15) is 0 Å². The van der Waals surface area contributed by atoms with E-state index in [-0.39, 0.29) is 18.4 Å². The number of carbonyl (C=O) groups is 2. The third kappa shape index (κ3) is 5.81. The number of nitrogens with zero attached hydrogens (tertiary/aromatic N) is 1. The third-order valence-corrected chi connectivity index (χ3v) is 5.21. The Morgan fingerprint density at radius 2 is 1.71 bits per heavy atom. The lowest BCUT2D eigenvalue weighted by atomic mass is 10.1. The topological polar surface area (TPSA) is 61.4 Å². The van der Waals surface area contributed by atoms with Crippen molar-refractivity contribution in [3.05, 3.63) is 64.7 Å². The van der Waals surface area contributed by atoms with Crippen LogP contribution >= 0.6 is 11.6 Å². The van der Waals surface area contributed by atoms with E-state index in [9.17, 15) is 9.59 Å². The van der Waals surface area contributed by atoms with E-state index >= 15 is 0 Å². The van der Waals surface area contributed by atoms with Crippen LogP contribution < -0.4 is 10.6 Å². The number of likely N-dealkylation sites (tertiary alicyclic amines) is 1. The van der Waals surface area contributed by atoms with Gasteiger partial charge in [-0.3, -0.25) is 9.59 Å². The molecule has 2 amide bonds. The number of anilines is 1. The highest BCUT2D eigenvalue weighted by Crippen LogP contribution is 2.17. The second-order valence-electron chi connectivity index (χ2n) is 7.03. The molecule has 28 heavy (non-hydrogen) atoms. The highest BCUT2D eigenvalue weighted by molar-refractivity contribution is 6.31. The molecule has 0 radical (unpaired) electrons. The smallest absolute Gasteiger partial charge is 0.253 e. The molecule has 1 aliphatic rings. The van der Waals surface area contributed by atoms with Crippen LogP contribution in [0.15, 0.2) is 48.5 Å². The molecular formula is C22H26ClN3O2. The predicted octanol–water partition coefficient (Wildman–Crippen LogP) is 4.08. The van der Waals surface area contributed by atoms with Crippen molar-refractivity contribution in [1.29, 1.82) is 0 Å². The van der Waals surface area contributed by atoms with Gasteiger partial charge in [-0.05, 0) is 42.7 Å². The average Bonchev–Trinajstić information content (AvgIpc) is 2.98. The van der Waals surface area contributed by atoms with E-state index in [0.29, 0.717) is 22.8 Å². The second kappa shape index (κ2) is 10.2. The molecule has 2 aromatic rings. The molecule has 0 aromatic heterocycles. The number of carbonyl (C=O) groups excluding carboxylic acids is 2. The molecule has 0 bridgehead atoms. The minimum Gasteiger partial charge on any atom is -0.339 e. The fraction of sp³-hybridized carbons (Fsp3) is 0.364. The van der Waals surface area contributed by atoms with Gasteiger partial charge in [-0.15, -0.1) is 0 Å². The summed E-state index contributed by atoms with van der Waals surface area (Å²) in [4.78, 5) is 26.9. The summed E-state index contributed by atoms with van der Waals surface area (Å²) in [6.45, 7) is 2.29. The largest absolute Gasteiger partial charge is 0.339 e. The lowest BCUT2D eigenvalue weighted by Crippen LogP contribution is -2.32. The molecule has 1 fully saturated rings. The van der Waals surface area contributed by atoms with Gasteiger partial charge in [0.25, 0.3) is 5.91 Å². The van der Waals surface area contributed by atoms with Gasteiger partial charge in [0.2, 0.25) is 5.91 Å². The SMILES string of the molecule is O=C(CNCc1ccccc1Cl)Nc1cccc(C(=O)N2CCCCCC2)c1. The van der Waals surface area contributed by atoms with Crippen LogP contribution in [0.2, 0.25) is 5.02 Å². The van der Waals surface area contributed by atoms with Crippen molar-refractivity contribution in [2.45, 2.75) is 32.2 Å². The fourth-order valence-electron chi connectivity index (χ4n) is 3.34. The molecule has 0 atom stereocenters. The first-order valence-electron chi connectivity index (χ1n) is 9.77. The summed E-state index contributed by atoms with van der Waals surface area (Å²) in [5, 5.41) is 6.61. The summed E-state index contributed by atoms with van der Waals surface area (Å²) in [5.74, 6) is -0.124. The first-order chi connectivity index (χ1) is 13.6. The Labute approximate surface area is 171 Å². The van der Waals surface area contributed by atoms with E-state index in [1.165, 1.54) is 12.8 Å². The minimum atomic E-state index is -0.161. The zero-order valence-electron chi connectivity index (χ0n) is 15.9. The van der Waals surface area contributed by atoms with Gasteiger partial charge in [-0.25, -0.2) is 0 Å². The first-order valence-corrected chi connectivity index (χ1v) is 10.1. The Bertz CT molecular complexity index is 817. The van der Waals surface area contributed by atoms with Crippen molar-refractivity contribution < 1.29 is 9.59 Å². The summed E-state index contributed by atoms with van der Waals surface area (Å²) < 4.78 is 0. The Kier molecular flexibility index (Phi) is 7.46. The predicted molar refractivity (Wildman–Crippen MR) is 113 cm³/mol. The van der Waals surface area contributed by atoms with Crippen molar-refractivity contribution in [3.8, 4) is 0 Å². The zero-order valence-corrected chi connectivity index (χ0v) is 16.7. The lowest BCUT2D eigenvalue weighted by Gasteiger charge is -2.20. The van der Waals surface area contributed by atoms with Crippen molar-refractivity contribution >= 4 is 29.1 Å². The van der Waals surface area contributed by atoms with E-state index in [2.05, 4.69) is 10.6 Å². The summed E-state index contributed by atoms with van der Waals surface area (Å²) in [6.07, 6.45) is 4.47. The molecule has 3 rings (SSSR count). The molecule has 1 saturated heterocycles. The Hall–Kier alpha value is -2.37. The van der Waals surface area contributed by atoms with Crippen LogP contribution in [0.25, 0.3) is 0 Å². The van der Waals surface area contributed by atoms with Crippen LogP contribution in [0, 0.1) is 0 Å². The standard InChI is InChI=1S/C22H26ClN3O2/c23-20-11-4-3-8-18(20)15-24-16-21(27)25-19-10-7-9-17(14-19)22(28)26-12-5-1-2-6-13-26/h3-4,7-11,14,24H,1-2,5-6,12-13,15-16H2,(H,25,27). The maximum atomic E-state index is 12.7. The van der Waals surface area contributed by atoms with Crippen LogP contribution in [-0.4, -0.2) is 36.3 Å². The zero-order chi connectivity index (χ0) is 19.8. The maximum Gasteiger partial charge on any atom is 0.253 e. The highest BCUT2D eigenvalue weighted by atomic mass is 35.5. The van der Waals surface area contributed by atoms with Gasteiger partial charge in [0, 0.05) is 35.9 Å². The minimum absolute atomic E-state index is 0.0369. The van der Waals surface area contributed by atoms with Crippen LogP contribution in [-0.2, 0) is 11.3 Å². The normalized spacial score (nSPS) is 14.4. The van der Waals surface area contributed by atoms with Crippen molar-refractivity contribution in [3.63, 3.8) is 0 Å². The Morgan fingerprint density at radius 3 is 2.46 bits per heavy atom. The summed E-state index contributed by atoms with van der Waals surface area (Å²) in [6, 6.07) is 14.7. The van der Waals surface area contributed by atoms with E-state index in [4.69, 9.17) is 11.6 Å². The Morgan fingerprint density at radius 1 is 0.964 bits per heavy atom. The van der Waals surface area contributed by atoms with Gasteiger partial charge in [0.05, 0.1) is 6.54 Å². The van der Waals surface area contributed by atoms with Gasteiger partial charge in [0.1, 0.15) is 0 Å². The molecular weight excluding hydrogens is 374 g/mol. The van der Waals surface area contributed by atoms with Crippen LogP contribution in [0.4, 0.5) is 5.69 Å². The van der Waals surface area contributed by atoms with Crippen LogP contribution in [0.1, 0.15) is 41.6 Å². The van der Waals surface area contributed by atoms with E-state index in [1.54, 1.807) is 24.3 Å². The summed E-state index contributed by atoms with van der Waals surface area (Å²) in [7, 11) is 0. The molecule has 0 spiro atoms. The van der Waals surface area contributed by atoms with E-state index in [1.807, 2.05) is 29.2 Å². The van der Waals surface area contributed by atoms with Crippen molar-refractivity contribution in [2.75, 3.05) is 25.0 Å². The molecule has 1 heterocycles. The molecule has 0 aliphatic carbocycles. The number of halogens is 1. The molecule has 0 unspecified atom stereocenters. The molecule has 2 N–H and O–H groups in total. The molecule has 0 saturated carbocycles. The van der Waals surface area contributed by atoms with Crippen LogP contribution in [0.5, 0.6) is 0 Å². The van der Waals surface area contributed by atoms with Gasteiger partial charge in [-0.1, -0.05) is 48.7 Å². The average molecular weight is 400 g/mol. The number of amides is 2. The summed E-state index contributed by atoms with van der Waals surface area (Å²) in [5.41, 5.74) is 2.19. The molecule has 148 valence electrons. The lowest BCUT2D eigenvalue weighted by molar-refractivity contribution is -0.115. The molecule has 5 nitrogen and oxygen atoms in total. The van der Waals surface area contributed by atoms with Crippen molar-refractivity contribution in [1.82, 2.24) is 10.2 Å². The van der Waals surface area contributed by atoms with Crippen LogP contribution in [0.3, 0.4) is 0 Å². The fourth-order valence-corrected chi connectivity index (χ4v) is 3.55. The summed E-state index contributed by atoms with van der Waals surface area (Å²) >= 11 is 6.11. The number of hydrogen-bond acceptors (Lipinski definition) is 3. The third-order valence-electron chi connectivity index (χ3n) is 4.85. The van der Waals surface area contributed by atoms with Gasteiger partial charge >= 0.3 is 0 Å². The number of benzene rings is 2. The highest BCUT2D eigenvalue weighted by Gasteiger charge is 2.17. The second-order valence-corrected chi connectivity index (χ2v) is 7.44.